The van der Waals surface area contributed by atoms with Gasteiger partial charge in [0.2, 0.25) is 0 Å². The molecule has 0 atom stereocenters. The molecule has 20 heavy (non-hydrogen) atoms. The van der Waals surface area contributed by atoms with Crippen molar-refractivity contribution in [2.45, 2.75) is 26.8 Å². The Bertz CT molecular complexity index is 563. The van der Waals surface area contributed by atoms with Crippen molar-refractivity contribution in [1.82, 2.24) is 15.1 Å². The highest BCUT2D eigenvalue weighted by Gasteiger charge is 2.04. The molecule has 0 saturated carbocycles. The predicted molar refractivity (Wildman–Crippen MR) is 79.8 cm³/mol. The maximum absolute atomic E-state index is 11.8. The first-order chi connectivity index (χ1) is 9.66. The second-order valence-electron chi connectivity index (χ2n) is 4.75. The Morgan fingerprint density at radius 2 is 2.15 bits per heavy atom. The summed E-state index contributed by atoms with van der Waals surface area (Å²) in [6.45, 7) is 5.46. The molecule has 1 aromatic carbocycles. The van der Waals surface area contributed by atoms with Crippen molar-refractivity contribution in [2.75, 3.05) is 11.9 Å². The van der Waals surface area contributed by atoms with Crippen LogP contribution in [0.5, 0.6) is 0 Å². The summed E-state index contributed by atoms with van der Waals surface area (Å²) in [7, 11) is 0. The number of rotatable bonds is 5. The summed E-state index contributed by atoms with van der Waals surface area (Å²) in [5, 5.41) is 9.83. The van der Waals surface area contributed by atoms with Crippen LogP contribution in [0.25, 0.3) is 0 Å². The van der Waals surface area contributed by atoms with Gasteiger partial charge in [-0.3, -0.25) is 4.68 Å². The molecule has 2 amide bonds. The zero-order chi connectivity index (χ0) is 14.4. The van der Waals surface area contributed by atoms with Gasteiger partial charge < -0.3 is 10.6 Å². The number of nitrogens with zero attached hydrogens (tertiary/aromatic N) is 2. The molecule has 0 radical (unpaired) electrons. The number of anilines is 1. The van der Waals surface area contributed by atoms with Gasteiger partial charge in [-0.25, -0.2) is 4.79 Å². The molecular formula is C15H20N4O. The SMILES string of the molecule is Cc1cccc(NC(=O)NCCCn2cccn2)c1C. The van der Waals surface area contributed by atoms with Crippen LogP contribution in [0, 0.1) is 13.8 Å². The molecule has 2 aromatic rings. The van der Waals surface area contributed by atoms with Crippen molar-refractivity contribution in [3.8, 4) is 0 Å². The fraction of sp³-hybridized carbons (Fsp3) is 0.333. The average molecular weight is 272 g/mol. The van der Waals surface area contributed by atoms with Gasteiger partial charge >= 0.3 is 6.03 Å². The summed E-state index contributed by atoms with van der Waals surface area (Å²) >= 11 is 0. The molecule has 5 nitrogen and oxygen atoms in total. The zero-order valence-electron chi connectivity index (χ0n) is 11.9. The van der Waals surface area contributed by atoms with Gasteiger partial charge in [-0.15, -0.1) is 0 Å². The lowest BCUT2D eigenvalue weighted by molar-refractivity contribution is 0.251. The van der Waals surface area contributed by atoms with E-state index in [-0.39, 0.29) is 6.03 Å². The van der Waals surface area contributed by atoms with Crippen LogP contribution in [0.3, 0.4) is 0 Å². The maximum atomic E-state index is 11.8. The molecule has 0 unspecified atom stereocenters. The van der Waals surface area contributed by atoms with E-state index in [1.54, 1.807) is 6.20 Å². The normalized spacial score (nSPS) is 10.3. The highest BCUT2D eigenvalue weighted by molar-refractivity contribution is 5.90. The van der Waals surface area contributed by atoms with Gasteiger partial charge in [-0.2, -0.15) is 5.10 Å². The molecule has 0 aliphatic carbocycles. The van der Waals surface area contributed by atoms with E-state index >= 15 is 0 Å². The third-order valence-electron chi connectivity index (χ3n) is 3.26. The Kier molecular flexibility index (Phi) is 4.76. The summed E-state index contributed by atoms with van der Waals surface area (Å²) in [5.74, 6) is 0. The third kappa shape index (κ3) is 3.85. The van der Waals surface area contributed by atoms with Crippen LogP contribution in [-0.4, -0.2) is 22.4 Å². The van der Waals surface area contributed by atoms with Crippen LogP contribution in [0.2, 0.25) is 0 Å². The van der Waals surface area contributed by atoms with Gasteiger partial charge in [0.05, 0.1) is 0 Å². The lowest BCUT2D eigenvalue weighted by Gasteiger charge is -2.11. The summed E-state index contributed by atoms with van der Waals surface area (Å²) in [6.07, 6.45) is 4.51. The van der Waals surface area contributed by atoms with Crippen LogP contribution in [0.1, 0.15) is 17.5 Å². The van der Waals surface area contributed by atoms with Crippen molar-refractivity contribution in [3.05, 3.63) is 47.8 Å². The second-order valence-corrected chi connectivity index (χ2v) is 4.75. The molecule has 0 fully saturated rings. The van der Waals surface area contributed by atoms with E-state index in [9.17, 15) is 4.79 Å². The van der Waals surface area contributed by atoms with Crippen LogP contribution >= 0.6 is 0 Å². The highest BCUT2D eigenvalue weighted by atomic mass is 16.2. The Labute approximate surface area is 119 Å². The van der Waals surface area contributed by atoms with E-state index in [1.165, 1.54) is 5.56 Å². The quantitative estimate of drug-likeness (QED) is 0.822. The minimum Gasteiger partial charge on any atom is -0.338 e. The van der Waals surface area contributed by atoms with E-state index in [4.69, 9.17) is 0 Å². The Morgan fingerprint density at radius 3 is 2.90 bits per heavy atom. The molecule has 0 saturated heterocycles. The molecule has 0 aliphatic rings. The number of carbonyl (C=O) groups excluding carboxylic acids is 1. The minimum absolute atomic E-state index is 0.167. The van der Waals surface area contributed by atoms with Gasteiger partial charge in [0.1, 0.15) is 0 Å². The average Bonchev–Trinajstić information content (AvgIpc) is 2.93. The van der Waals surface area contributed by atoms with Crippen LogP contribution < -0.4 is 10.6 Å². The summed E-state index contributed by atoms with van der Waals surface area (Å²) < 4.78 is 1.85. The van der Waals surface area contributed by atoms with Gasteiger partial charge in [0.15, 0.2) is 0 Å². The summed E-state index contributed by atoms with van der Waals surface area (Å²) in [6, 6.07) is 7.60. The van der Waals surface area contributed by atoms with Gasteiger partial charge in [-0.1, -0.05) is 12.1 Å². The van der Waals surface area contributed by atoms with Crippen molar-refractivity contribution < 1.29 is 4.79 Å². The standard InChI is InChI=1S/C15H20N4O/c1-12-6-3-7-14(13(12)2)18-15(20)16-8-4-10-19-11-5-9-17-19/h3,5-7,9,11H,4,8,10H2,1-2H3,(H2,16,18,20). The minimum atomic E-state index is -0.167. The first-order valence-corrected chi connectivity index (χ1v) is 6.75. The Hall–Kier alpha value is -2.30. The molecule has 0 spiro atoms. The Balaban J connectivity index is 1.74. The number of benzene rings is 1. The van der Waals surface area contributed by atoms with Gasteiger partial charge in [0, 0.05) is 31.2 Å². The number of aromatic nitrogens is 2. The summed E-state index contributed by atoms with van der Waals surface area (Å²) in [5.41, 5.74) is 3.12. The zero-order valence-corrected chi connectivity index (χ0v) is 11.9. The van der Waals surface area contributed by atoms with E-state index in [0.717, 1.165) is 24.2 Å². The molecule has 2 rings (SSSR count). The van der Waals surface area contributed by atoms with Crippen molar-refractivity contribution in [1.29, 1.82) is 0 Å². The first kappa shape index (κ1) is 14.1. The molecule has 106 valence electrons. The number of carbonyl (C=O) groups is 1. The first-order valence-electron chi connectivity index (χ1n) is 6.75. The largest absolute Gasteiger partial charge is 0.338 e. The molecule has 5 heteroatoms. The van der Waals surface area contributed by atoms with Crippen molar-refractivity contribution in [2.24, 2.45) is 0 Å². The van der Waals surface area contributed by atoms with E-state index < -0.39 is 0 Å². The number of nitrogens with one attached hydrogen (secondary N) is 2. The van der Waals surface area contributed by atoms with Gasteiger partial charge in [0.25, 0.3) is 0 Å². The van der Waals surface area contributed by atoms with Crippen molar-refractivity contribution >= 4 is 11.7 Å². The number of aryl methyl sites for hydroxylation is 2. The second kappa shape index (κ2) is 6.75. The highest BCUT2D eigenvalue weighted by Crippen LogP contribution is 2.17. The number of hydrogen-bond donors (Lipinski definition) is 2. The number of urea groups is 1. The fourth-order valence-corrected chi connectivity index (χ4v) is 1.93. The number of hydrogen-bond acceptors (Lipinski definition) is 2. The monoisotopic (exact) mass is 272 g/mol. The lowest BCUT2D eigenvalue weighted by atomic mass is 10.1. The number of amides is 2. The van der Waals surface area contributed by atoms with Crippen molar-refractivity contribution in [3.63, 3.8) is 0 Å². The smallest absolute Gasteiger partial charge is 0.319 e. The molecule has 0 bridgehead atoms. The molecular weight excluding hydrogens is 252 g/mol. The molecule has 1 heterocycles. The predicted octanol–water partition coefficient (Wildman–Crippen LogP) is 2.71. The van der Waals surface area contributed by atoms with Crippen LogP contribution in [0.15, 0.2) is 36.7 Å². The topological polar surface area (TPSA) is 59.0 Å². The van der Waals surface area contributed by atoms with Gasteiger partial charge in [-0.05, 0) is 43.5 Å². The van der Waals surface area contributed by atoms with Crippen LogP contribution in [0.4, 0.5) is 10.5 Å². The summed E-state index contributed by atoms with van der Waals surface area (Å²) in [4.78, 5) is 11.8. The van der Waals surface area contributed by atoms with E-state index in [0.29, 0.717) is 6.54 Å². The third-order valence-corrected chi connectivity index (χ3v) is 3.26. The van der Waals surface area contributed by atoms with Crippen LogP contribution in [-0.2, 0) is 6.54 Å². The fourth-order valence-electron chi connectivity index (χ4n) is 1.93. The van der Waals surface area contributed by atoms with E-state index in [2.05, 4.69) is 15.7 Å². The maximum Gasteiger partial charge on any atom is 0.319 e. The molecule has 1 aromatic heterocycles. The van der Waals surface area contributed by atoms with E-state index in [1.807, 2.05) is 49.0 Å². The molecule has 0 aliphatic heterocycles. The molecule has 2 N–H and O–H groups in total. The Morgan fingerprint density at radius 1 is 1.30 bits per heavy atom. The lowest BCUT2D eigenvalue weighted by Crippen LogP contribution is -2.30.